The summed E-state index contributed by atoms with van der Waals surface area (Å²) in [6.45, 7) is 0. The van der Waals surface area contributed by atoms with Gasteiger partial charge in [0.2, 0.25) is 5.95 Å². The molecule has 0 fully saturated rings. The summed E-state index contributed by atoms with van der Waals surface area (Å²) in [7, 11) is 1.48. The van der Waals surface area contributed by atoms with Gasteiger partial charge in [0.05, 0.1) is 0 Å². The maximum atomic E-state index is 5.57. The average molecular weight is 168 g/mol. The van der Waals surface area contributed by atoms with Crippen molar-refractivity contribution in [1.29, 1.82) is 0 Å². The monoisotopic (exact) mass is 168 g/mol. The lowest BCUT2D eigenvalue weighted by Crippen LogP contribution is -2.16. The van der Waals surface area contributed by atoms with Gasteiger partial charge in [-0.15, -0.1) is 10.2 Å². The van der Waals surface area contributed by atoms with Crippen LogP contribution in [0.4, 0.5) is 11.8 Å². The van der Waals surface area contributed by atoms with Crippen LogP contribution in [0.25, 0.3) is 5.65 Å². The molecule has 0 radical (unpaired) electrons. The SMILES string of the molecule is COn1c(N)cc2nnc(N)n21. The molecule has 7 heteroatoms. The van der Waals surface area contributed by atoms with E-state index < -0.39 is 0 Å². The fraction of sp³-hybridized carbons (Fsp3) is 0.200. The molecule has 0 aromatic carbocycles. The zero-order valence-corrected chi connectivity index (χ0v) is 6.43. The molecule has 2 rings (SSSR count). The highest BCUT2D eigenvalue weighted by molar-refractivity contribution is 5.51. The first-order chi connectivity index (χ1) is 5.74. The summed E-state index contributed by atoms with van der Waals surface area (Å²) in [6.07, 6.45) is 0. The molecule has 64 valence electrons. The van der Waals surface area contributed by atoms with Crippen molar-refractivity contribution in [2.75, 3.05) is 18.6 Å². The quantitative estimate of drug-likeness (QED) is 0.554. The average Bonchev–Trinajstić information content (AvgIpc) is 2.52. The predicted molar refractivity (Wildman–Crippen MR) is 42.3 cm³/mol. The highest BCUT2D eigenvalue weighted by Crippen LogP contribution is 2.11. The molecule has 0 bridgehead atoms. The molecule has 0 aliphatic heterocycles. The Morgan fingerprint density at radius 1 is 1.42 bits per heavy atom. The van der Waals surface area contributed by atoms with Crippen molar-refractivity contribution in [2.24, 2.45) is 0 Å². The van der Waals surface area contributed by atoms with Crippen LogP contribution < -0.4 is 16.3 Å². The summed E-state index contributed by atoms with van der Waals surface area (Å²) in [5.41, 5.74) is 11.6. The number of aromatic nitrogens is 4. The van der Waals surface area contributed by atoms with E-state index in [0.717, 1.165) is 0 Å². The Balaban J connectivity index is 2.84. The summed E-state index contributed by atoms with van der Waals surface area (Å²) in [5.74, 6) is 0.664. The Morgan fingerprint density at radius 2 is 2.17 bits per heavy atom. The van der Waals surface area contributed by atoms with Crippen LogP contribution in [0, 0.1) is 0 Å². The van der Waals surface area contributed by atoms with Gasteiger partial charge in [0, 0.05) is 6.07 Å². The number of nitrogen functional groups attached to an aromatic ring is 2. The predicted octanol–water partition coefficient (Wildman–Crippen LogP) is -1.25. The van der Waals surface area contributed by atoms with Gasteiger partial charge >= 0.3 is 0 Å². The van der Waals surface area contributed by atoms with E-state index in [9.17, 15) is 0 Å². The Bertz CT molecular complexity index is 415. The van der Waals surface area contributed by atoms with E-state index in [1.165, 1.54) is 16.5 Å². The summed E-state index contributed by atoms with van der Waals surface area (Å²) in [6, 6.07) is 1.62. The molecule has 0 saturated heterocycles. The van der Waals surface area contributed by atoms with Crippen LogP contribution in [0.15, 0.2) is 6.07 Å². The summed E-state index contributed by atoms with van der Waals surface area (Å²) >= 11 is 0. The number of anilines is 2. The number of rotatable bonds is 1. The Morgan fingerprint density at radius 3 is 2.83 bits per heavy atom. The molecule has 0 spiro atoms. The van der Waals surface area contributed by atoms with Crippen LogP contribution >= 0.6 is 0 Å². The van der Waals surface area contributed by atoms with Gasteiger partial charge < -0.3 is 16.3 Å². The van der Waals surface area contributed by atoms with Gasteiger partial charge in [-0.05, 0) is 0 Å². The molecule has 2 aromatic rings. The molecule has 4 N–H and O–H groups in total. The summed E-state index contributed by atoms with van der Waals surface area (Å²) < 4.78 is 1.47. The van der Waals surface area contributed by atoms with E-state index in [1.807, 2.05) is 0 Å². The lowest BCUT2D eigenvalue weighted by Gasteiger charge is -2.03. The first-order valence-corrected chi connectivity index (χ1v) is 3.26. The van der Waals surface area contributed by atoms with E-state index in [0.29, 0.717) is 11.5 Å². The molecular formula is C5H8N6O. The molecule has 7 nitrogen and oxygen atoms in total. The largest absolute Gasteiger partial charge is 0.399 e. The topological polar surface area (TPSA) is 96.4 Å². The summed E-state index contributed by atoms with van der Waals surface area (Å²) in [5, 5.41) is 7.39. The van der Waals surface area contributed by atoms with Gasteiger partial charge in [-0.2, -0.15) is 4.52 Å². The van der Waals surface area contributed by atoms with Crippen molar-refractivity contribution in [3.63, 3.8) is 0 Å². The van der Waals surface area contributed by atoms with Crippen LogP contribution in [-0.4, -0.2) is 26.7 Å². The van der Waals surface area contributed by atoms with Crippen molar-refractivity contribution in [1.82, 2.24) is 19.6 Å². The summed E-state index contributed by atoms with van der Waals surface area (Å²) in [4.78, 5) is 6.24. The molecule has 2 heterocycles. The van der Waals surface area contributed by atoms with Crippen molar-refractivity contribution in [3.05, 3.63) is 6.07 Å². The first kappa shape index (κ1) is 6.77. The third kappa shape index (κ3) is 0.644. The highest BCUT2D eigenvalue weighted by atomic mass is 16.7. The molecule has 0 amide bonds. The van der Waals surface area contributed by atoms with Crippen molar-refractivity contribution < 1.29 is 4.84 Å². The van der Waals surface area contributed by atoms with E-state index >= 15 is 0 Å². The maximum absolute atomic E-state index is 5.57. The second-order valence-electron chi connectivity index (χ2n) is 2.25. The lowest BCUT2D eigenvalue weighted by atomic mass is 10.6. The van der Waals surface area contributed by atoms with Gasteiger partial charge in [-0.25, -0.2) is 0 Å². The highest BCUT2D eigenvalue weighted by Gasteiger charge is 2.10. The maximum Gasteiger partial charge on any atom is 0.244 e. The van der Waals surface area contributed by atoms with Crippen LogP contribution in [0.5, 0.6) is 0 Å². The smallest absolute Gasteiger partial charge is 0.244 e. The zero-order chi connectivity index (χ0) is 8.72. The van der Waals surface area contributed by atoms with Crippen LogP contribution in [0.1, 0.15) is 0 Å². The molecule has 0 unspecified atom stereocenters. The fourth-order valence-corrected chi connectivity index (χ4v) is 1.07. The van der Waals surface area contributed by atoms with Crippen molar-refractivity contribution in [3.8, 4) is 0 Å². The Hall–Kier alpha value is -1.92. The number of hydrogen-bond donors (Lipinski definition) is 2. The van der Waals surface area contributed by atoms with Gasteiger partial charge in [0.15, 0.2) is 11.5 Å². The molecule has 2 aromatic heterocycles. The molecule has 0 atom stereocenters. The van der Waals surface area contributed by atoms with E-state index in [1.54, 1.807) is 6.07 Å². The molecule has 12 heavy (non-hydrogen) atoms. The van der Waals surface area contributed by atoms with Crippen molar-refractivity contribution >= 4 is 17.4 Å². The third-order valence-corrected chi connectivity index (χ3v) is 1.54. The molecule has 0 saturated carbocycles. The molecule has 0 aliphatic rings. The van der Waals surface area contributed by atoms with Gasteiger partial charge in [0.1, 0.15) is 7.11 Å². The minimum absolute atomic E-state index is 0.239. The zero-order valence-electron chi connectivity index (χ0n) is 6.43. The van der Waals surface area contributed by atoms with E-state index in [4.69, 9.17) is 16.3 Å². The second kappa shape index (κ2) is 2.03. The number of fused-ring (bicyclic) bond motifs is 1. The minimum atomic E-state index is 0.239. The van der Waals surface area contributed by atoms with Crippen molar-refractivity contribution in [2.45, 2.75) is 0 Å². The molecular weight excluding hydrogens is 160 g/mol. The first-order valence-electron chi connectivity index (χ1n) is 3.26. The van der Waals surface area contributed by atoms with E-state index in [2.05, 4.69) is 10.2 Å². The lowest BCUT2D eigenvalue weighted by molar-refractivity contribution is 0.130. The number of nitrogens with zero attached hydrogens (tertiary/aromatic N) is 4. The van der Waals surface area contributed by atoms with Crippen LogP contribution in [0.2, 0.25) is 0 Å². The third-order valence-electron chi connectivity index (χ3n) is 1.54. The molecule has 0 aliphatic carbocycles. The van der Waals surface area contributed by atoms with Gasteiger partial charge in [-0.1, -0.05) is 4.85 Å². The van der Waals surface area contributed by atoms with Crippen LogP contribution in [0.3, 0.4) is 0 Å². The Kier molecular flexibility index (Phi) is 1.15. The van der Waals surface area contributed by atoms with Gasteiger partial charge in [0.25, 0.3) is 0 Å². The van der Waals surface area contributed by atoms with E-state index in [-0.39, 0.29) is 5.95 Å². The Labute approximate surface area is 67.5 Å². The van der Waals surface area contributed by atoms with Crippen LogP contribution in [-0.2, 0) is 0 Å². The number of hydrogen-bond acceptors (Lipinski definition) is 5. The standard InChI is InChI=1S/C5H8N6O/c1-12-11-3(6)2-4-8-9-5(7)10(4)11/h2H,6H2,1H3,(H2,7,9). The second-order valence-corrected chi connectivity index (χ2v) is 2.25. The normalized spacial score (nSPS) is 10.8. The fourth-order valence-electron chi connectivity index (χ4n) is 1.07. The number of nitrogens with two attached hydrogens (primary N) is 2. The minimum Gasteiger partial charge on any atom is -0.399 e. The van der Waals surface area contributed by atoms with Gasteiger partial charge in [-0.3, -0.25) is 0 Å².